The van der Waals surface area contributed by atoms with E-state index in [1.807, 2.05) is 0 Å². The van der Waals surface area contributed by atoms with Crippen molar-refractivity contribution in [3.8, 4) is 11.3 Å². The highest BCUT2D eigenvalue weighted by Crippen LogP contribution is 2.32. The molecule has 0 spiro atoms. The zero-order valence-corrected chi connectivity index (χ0v) is 13.9. The molecule has 2 heterocycles. The lowest BCUT2D eigenvalue weighted by molar-refractivity contribution is -0.141. The van der Waals surface area contributed by atoms with Gasteiger partial charge in [0.15, 0.2) is 5.69 Å². The Bertz CT molecular complexity index is 996. The van der Waals surface area contributed by atoms with Gasteiger partial charge in [-0.2, -0.15) is 18.3 Å². The number of halogens is 4. The van der Waals surface area contributed by atoms with Gasteiger partial charge in [0.1, 0.15) is 17.3 Å². The molecule has 1 aromatic carbocycles. The van der Waals surface area contributed by atoms with E-state index in [1.165, 1.54) is 43.4 Å². The second kappa shape index (κ2) is 6.71. The lowest BCUT2D eigenvalue weighted by Crippen LogP contribution is -2.14. The fourth-order valence-electron chi connectivity index (χ4n) is 2.40. The SMILES string of the molecule is Cn1nc(C(F)(F)F)cc1-c1ccc(C(=O)Nc2ccc(F)cc2)nc1N. The number of aryl methyl sites for hydroxylation is 1. The largest absolute Gasteiger partial charge is 0.435 e. The molecule has 10 heteroatoms. The normalized spacial score (nSPS) is 11.4. The van der Waals surface area contributed by atoms with Crippen molar-refractivity contribution in [1.29, 1.82) is 0 Å². The molecule has 0 aliphatic rings. The van der Waals surface area contributed by atoms with Crippen LogP contribution in [0.2, 0.25) is 0 Å². The first kappa shape index (κ1) is 18.4. The number of nitrogens with zero attached hydrogens (tertiary/aromatic N) is 3. The average molecular weight is 379 g/mol. The van der Waals surface area contributed by atoms with Gasteiger partial charge in [-0.25, -0.2) is 9.37 Å². The summed E-state index contributed by atoms with van der Waals surface area (Å²) in [5, 5.41) is 5.94. The molecule has 140 valence electrons. The molecular weight excluding hydrogens is 366 g/mol. The molecule has 0 aliphatic heterocycles. The number of hydrogen-bond acceptors (Lipinski definition) is 4. The van der Waals surface area contributed by atoms with Crippen LogP contribution in [-0.4, -0.2) is 20.7 Å². The van der Waals surface area contributed by atoms with Crippen LogP contribution in [0.3, 0.4) is 0 Å². The summed E-state index contributed by atoms with van der Waals surface area (Å²) in [4.78, 5) is 16.2. The molecule has 1 amide bonds. The van der Waals surface area contributed by atoms with Gasteiger partial charge in [-0.1, -0.05) is 0 Å². The first-order valence-corrected chi connectivity index (χ1v) is 7.60. The third-order valence-corrected chi connectivity index (χ3v) is 3.71. The van der Waals surface area contributed by atoms with E-state index in [2.05, 4.69) is 15.4 Å². The van der Waals surface area contributed by atoms with E-state index in [0.717, 1.165) is 10.7 Å². The first-order chi connectivity index (χ1) is 12.6. The Balaban J connectivity index is 1.86. The minimum absolute atomic E-state index is 0.0428. The zero-order valence-electron chi connectivity index (χ0n) is 13.9. The predicted octanol–water partition coefficient (Wildman–Crippen LogP) is 3.47. The number of alkyl halides is 3. The summed E-state index contributed by atoms with van der Waals surface area (Å²) in [7, 11) is 1.35. The maximum atomic E-state index is 12.9. The quantitative estimate of drug-likeness (QED) is 0.683. The molecule has 0 saturated heterocycles. The number of amides is 1. The standard InChI is InChI=1S/C17H13F4N5O/c1-26-13(8-14(25-26)17(19,20)21)11-6-7-12(24-15(11)22)16(27)23-10-4-2-9(18)3-5-10/h2-8H,1H3,(H2,22,24)(H,23,27). The van der Waals surface area contributed by atoms with E-state index in [-0.39, 0.29) is 22.8 Å². The molecular formula is C17H13F4N5O. The summed E-state index contributed by atoms with van der Waals surface area (Å²) < 4.78 is 52.3. The number of anilines is 2. The number of pyridine rings is 1. The summed E-state index contributed by atoms with van der Waals surface area (Å²) in [5.41, 5.74) is 5.40. The molecule has 0 radical (unpaired) electrons. The van der Waals surface area contributed by atoms with E-state index < -0.39 is 23.6 Å². The Labute approximate surface area is 150 Å². The maximum absolute atomic E-state index is 12.9. The molecule has 3 aromatic rings. The molecule has 6 nitrogen and oxygen atoms in total. The summed E-state index contributed by atoms with van der Waals surface area (Å²) >= 11 is 0. The van der Waals surface area contributed by atoms with E-state index in [9.17, 15) is 22.4 Å². The van der Waals surface area contributed by atoms with Crippen molar-refractivity contribution in [2.24, 2.45) is 7.05 Å². The Kier molecular flexibility index (Phi) is 4.56. The number of nitrogens with two attached hydrogens (primary N) is 1. The van der Waals surface area contributed by atoms with Crippen LogP contribution < -0.4 is 11.1 Å². The second-order valence-corrected chi connectivity index (χ2v) is 5.63. The molecule has 0 atom stereocenters. The number of hydrogen-bond donors (Lipinski definition) is 2. The van der Waals surface area contributed by atoms with Crippen LogP contribution in [0.1, 0.15) is 16.2 Å². The summed E-state index contributed by atoms with van der Waals surface area (Å²) in [6, 6.07) is 8.68. The van der Waals surface area contributed by atoms with Crippen molar-refractivity contribution in [1.82, 2.24) is 14.8 Å². The monoisotopic (exact) mass is 379 g/mol. The highest BCUT2D eigenvalue weighted by atomic mass is 19.4. The van der Waals surface area contributed by atoms with Crippen LogP contribution in [0.4, 0.5) is 29.1 Å². The van der Waals surface area contributed by atoms with Crippen LogP contribution in [0.25, 0.3) is 11.3 Å². The van der Waals surface area contributed by atoms with Crippen LogP contribution in [0, 0.1) is 5.82 Å². The van der Waals surface area contributed by atoms with Crippen LogP contribution in [0.15, 0.2) is 42.5 Å². The Morgan fingerprint density at radius 1 is 1.15 bits per heavy atom. The Morgan fingerprint density at radius 3 is 2.37 bits per heavy atom. The lowest BCUT2D eigenvalue weighted by Gasteiger charge is -2.08. The molecule has 3 N–H and O–H groups in total. The number of rotatable bonds is 3. The highest BCUT2D eigenvalue weighted by molar-refractivity contribution is 6.03. The van der Waals surface area contributed by atoms with Gasteiger partial charge in [0.25, 0.3) is 5.91 Å². The molecule has 3 rings (SSSR count). The van der Waals surface area contributed by atoms with Crippen molar-refractivity contribution in [2.45, 2.75) is 6.18 Å². The topological polar surface area (TPSA) is 85.8 Å². The average Bonchev–Trinajstić information content (AvgIpc) is 2.99. The molecule has 0 aliphatic carbocycles. The molecule has 0 unspecified atom stereocenters. The van der Waals surface area contributed by atoms with E-state index in [1.54, 1.807) is 0 Å². The predicted molar refractivity (Wildman–Crippen MR) is 90.2 cm³/mol. The number of nitrogens with one attached hydrogen (secondary N) is 1. The number of aromatic nitrogens is 3. The lowest BCUT2D eigenvalue weighted by atomic mass is 10.1. The second-order valence-electron chi connectivity index (χ2n) is 5.63. The van der Waals surface area contributed by atoms with Crippen LogP contribution in [0.5, 0.6) is 0 Å². The Hall–Kier alpha value is -3.43. The van der Waals surface area contributed by atoms with Gasteiger partial charge in [-0.15, -0.1) is 0 Å². The summed E-state index contributed by atoms with van der Waals surface area (Å²) in [5.74, 6) is -1.17. The van der Waals surface area contributed by atoms with E-state index in [4.69, 9.17) is 5.73 Å². The molecule has 0 bridgehead atoms. The third kappa shape index (κ3) is 3.89. The van der Waals surface area contributed by atoms with Crippen molar-refractivity contribution < 1.29 is 22.4 Å². The van der Waals surface area contributed by atoms with Crippen molar-refractivity contribution >= 4 is 17.4 Å². The van der Waals surface area contributed by atoms with Crippen molar-refractivity contribution in [3.05, 3.63) is 59.7 Å². The van der Waals surface area contributed by atoms with Gasteiger partial charge in [-0.05, 0) is 42.5 Å². The van der Waals surface area contributed by atoms with Crippen molar-refractivity contribution in [2.75, 3.05) is 11.1 Å². The Morgan fingerprint density at radius 2 is 1.81 bits per heavy atom. The first-order valence-electron chi connectivity index (χ1n) is 7.60. The fraction of sp³-hybridized carbons (Fsp3) is 0.118. The van der Waals surface area contributed by atoms with E-state index >= 15 is 0 Å². The van der Waals surface area contributed by atoms with Crippen molar-refractivity contribution in [3.63, 3.8) is 0 Å². The van der Waals surface area contributed by atoms with Gasteiger partial charge in [-0.3, -0.25) is 9.48 Å². The smallest absolute Gasteiger partial charge is 0.383 e. The number of nitrogen functional groups attached to an aromatic ring is 1. The summed E-state index contributed by atoms with van der Waals surface area (Å²) in [6.45, 7) is 0. The molecule has 27 heavy (non-hydrogen) atoms. The van der Waals surface area contributed by atoms with Gasteiger partial charge < -0.3 is 11.1 Å². The summed E-state index contributed by atoms with van der Waals surface area (Å²) in [6.07, 6.45) is -4.59. The molecule has 0 fully saturated rings. The molecule has 2 aromatic heterocycles. The van der Waals surface area contributed by atoms with Crippen LogP contribution >= 0.6 is 0 Å². The number of carbonyl (C=O) groups is 1. The van der Waals surface area contributed by atoms with Crippen LogP contribution in [-0.2, 0) is 13.2 Å². The zero-order chi connectivity index (χ0) is 19.8. The van der Waals surface area contributed by atoms with Gasteiger partial charge in [0.2, 0.25) is 0 Å². The van der Waals surface area contributed by atoms with E-state index in [0.29, 0.717) is 5.69 Å². The highest BCUT2D eigenvalue weighted by Gasteiger charge is 2.35. The van der Waals surface area contributed by atoms with Gasteiger partial charge >= 0.3 is 6.18 Å². The fourth-order valence-corrected chi connectivity index (χ4v) is 2.40. The third-order valence-electron chi connectivity index (χ3n) is 3.71. The van der Waals surface area contributed by atoms with Gasteiger partial charge in [0.05, 0.1) is 5.69 Å². The number of carbonyl (C=O) groups excluding carboxylic acids is 1. The molecule has 0 saturated carbocycles. The number of benzene rings is 1. The minimum Gasteiger partial charge on any atom is -0.383 e. The minimum atomic E-state index is -4.59. The van der Waals surface area contributed by atoms with Gasteiger partial charge in [0, 0.05) is 18.3 Å². The maximum Gasteiger partial charge on any atom is 0.435 e.